The van der Waals surface area contributed by atoms with E-state index in [0.29, 0.717) is 6.54 Å². The lowest BCUT2D eigenvalue weighted by Crippen LogP contribution is -2.41. The summed E-state index contributed by atoms with van der Waals surface area (Å²) < 4.78 is 5.50. The third-order valence-electron chi connectivity index (χ3n) is 4.43. The van der Waals surface area contributed by atoms with E-state index in [1.165, 1.54) is 24.9 Å². The number of hydrogen-bond donors (Lipinski definition) is 1. The van der Waals surface area contributed by atoms with Gasteiger partial charge in [-0.1, -0.05) is 18.2 Å². The molecule has 0 amide bonds. The first-order valence-corrected chi connectivity index (χ1v) is 7.87. The Bertz CT molecular complexity index is 428. The lowest BCUT2D eigenvalue weighted by Gasteiger charge is -2.38. The zero-order valence-electron chi connectivity index (χ0n) is 13.6. The number of rotatable bonds is 6. The number of piperidine rings is 1. The second-order valence-electron chi connectivity index (χ2n) is 6.24. The molecule has 1 atom stereocenters. The van der Waals surface area contributed by atoms with Gasteiger partial charge in [0.25, 0.3) is 0 Å². The Morgan fingerprint density at radius 2 is 1.95 bits per heavy atom. The molecule has 118 valence electrons. The van der Waals surface area contributed by atoms with Crippen molar-refractivity contribution >= 4 is 0 Å². The maximum atomic E-state index is 6.07. The maximum absolute atomic E-state index is 6.07. The second kappa shape index (κ2) is 7.78. The molecule has 1 heterocycles. The molecule has 1 saturated heterocycles. The zero-order valence-corrected chi connectivity index (χ0v) is 13.6. The molecule has 2 N–H and O–H groups in total. The van der Waals surface area contributed by atoms with Crippen LogP contribution in [0, 0.1) is 5.92 Å². The van der Waals surface area contributed by atoms with Gasteiger partial charge in [0.1, 0.15) is 5.75 Å². The summed E-state index contributed by atoms with van der Waals surface area (Å²) >= 11 is 0. The molecule has 0 saturated carbocycles. The Balaban J connectivity index is 2.03. The highest BCUT2D eigenvalue weighted by molar-refractivity contribution is 5.36. The molecule has 0 radical (unpaired) electrons. The van der Waals surface area contributed by atoms with Crippen molar-refractivity contribution in [2.24, 2.45) is 11.7 Å². The summed E-state index contributed by atoms with van der Waals surface area (Å²) in [6, 6.07) is 8.51. The van der Waals surface area contributed by atoms with Crippen LogP contribution in [-0.4, -0.2) is 57.2 Å². The average molecular weight is 291 g/mol. The van der Waals surface area contributed by atoms with E-state index in [0.717, 1.165) is 24.8 Å². The van der Waals surface area contributed by atoms with Crippen molar-refractivity contribution in [2.45, 2.75) is 18.9 Å². The minimum Gasteiger partial charge on any atom is -0.496 e. The highest BCUT2D eigenvalue weighted by Crippen LogP contribution is 2.31. The van der Waals surface area contributed by atoms with Gasteiger partial charge < -0.3 is 15.4 Å². The number of ether oxygens (including phenoxy) is 1. The maximum Gasteiger partial charge on any atom is 0.123 e. The van der Waals surface area contributed by atoms with Crippen molar-refractivity contribution in [3.05, 3.63) is 29.8 Å². The van der Waals surface area contributed by atoms with E-state index in [1.54, 1.807) is 7.11 Å². The van der Waals surface area contributed by atoms with Gasteiger partial charge in [-0.3, -0.25) is 4.90 Å². The van der Waals surface area contributed by atoms with Crippen LogP contribution >= 0.6 is 0 Å². The lowest BCUT2D eigenvalue weighted by molar-refractivity contribution is 0.121. The van der Waals surface area contributed by atoms with Crippen LogP contribution in [0.15, 0.2) is 24.3 Å². The molecule has 1 aliphatic rings. The summed E-state index contributed by atoms with van der Waals surface area (Å²) in [6.45, 7) is 4.07. The molecule has 0 aliphatic carbocycles. The Kier molecular flexibility index (Phi) is 6.03. The Labute approximate surface area is 128 Å². The van der Waals surface area contributed by atoms with Crippen molar-refractivity contribution < 1.29 is 4.74 Å². The quantitative estimate of drug-likeness (QED) is 0.870. The minimum atomic E-state index is 0.265. The number of likely N-dealkylation sites (tertiary alicyclic amines) is 1. The van der Waals surface area contributed by atoms with Crippen molar-refractivity contribution in [1.29, 1.82) is 0 Å². The predicted octanol–water partition coefficient (Wildman–Crippen LogP) is 1.97. The Morgan fingerprint density at radius 1 is 1.29 bits per heavy atom. The fourth-order valence-corrected chi connectivity index (χ4v) is 3.38. The third kappa shape index (κ3) is 4.19. The molecule has 1 aromatic rings. The van der Waals surface area contributed by atoms with Gasteiger partial charge in [-0.15, -0.1) is 0 Å². The summed E-state index contributed by atoms with van der Waals surface area (Å²) in [5.41, 5.74) is 7.29. The topological polar surface area (TPSA) is 41.7 Å². The van der Waals surface area contributed by atoms with Gasteiger partial charge in [-0.25, -0.2) is 0 Å². The Hall–Kier alpha value is -1.10. The highest BCUT2D eigenvalue weighted by Gasteiger charge is 2.27. The monoisotopic (exact) mass is 291 g/mol. The molecule has 0 spiro atoms. The molecular weight excluding hydrogens is 262 g/mol. The van der Waals surface area contributed by atoms with E-state index >= 15 is 0 Å². The molecule has 0 aromatic heterocycles. The fraction of sp³-hybridized carbons (Fsp3) is 0.647. The van der Waals surface area contributed by atoms with Gasteiger partial charge in [0.15, 0.2) is 0 Å². The van der Waals surface area contributed by atoms with Crippen molar-refractivity contribution in [1.82, 2.24) is 9.80 Å². The van der Waals surface area contributed by atoms with Crippen LogP contribution in [0.4, 0.5) is 0 Å². The fourth-order valence-electron chi connectivity index (χ4n) is 3.38. The average Bonchev–Trinajstić information content (AvgIpc) is 2.49. The summed E-state index contributed by atoms with van der Waals surface area (Å²) in [5, 5.41) is 0. The first kappa shape index (κ1) is 16.3. The van der Waals surface area contributed by atoms with Crippen LogP contribution in [0.1, 0.15) is 24.4 Å². The number of hydrogen-bond acceptors (Lipinski definition) is 4. The van der Waals surface area contributed by atoms with E-state index in [4.69, 9.17) is 10.5 Å². The second-order valence-corrected chi connectivity index (χ2v) is 6.24. The van der Waals surface area contributed by atoms with Crippen LogP contribution < -0.4 is 10.5 Å². The van der Waals surface area contributed by atoms with Crippen LogP contribution in [0.2, 0.25) is 0 Å². The van der Waals surface area contributed by atoms with Gasteiger partial charge in [-0.2, -0.15) is 0 Å². The summed E-state index contributed by atoms with van der Waals surface area (Å²) in [7, 11) is 6.05. The lowest BCUT2D eigenvalue weighted by atomic mass is 9.93. The summed E-state index contributed by atoms with van der Waals surface area (Å²) in [5.74, 6) is 1.76. The van der Waals surface area contributed by atoms with Crippen molar-refractivity contribution in [2.75, 3.05) is 47.4 Å². The molecule has 1 aliphatic heterocycles. The summed E-state index contributed by atoms with van der Waals surface area (Å²) in [4.78, 5) is 4.81. The number of benzene rings is 1. The first-order chi connectivity index (χ1) is 10.2. The smallest absolute Gasteiger partial charge is 0.123 e. The minimum absolute atomic E-state index is 0.265. The normalized spacial score (nSPS) is 18.9. The van der Waals surface area contributed by atoms with Gasteiger partial charge in [0, 0.05) is 18.7 Å². The molecule has 4 nitrogen and oxygen atoms in total. The van der Waals surface area contributed by atoms with E-state index in [-0.39, 0.29) is 6.04 Å². The van der Waals surface area contributed by atoms with Gasteiger partial charge >= 0.3 is 0 Å². The molecule has 1 aromatic carbocycles. The van der Waals surface area contributed by atoms with Crippen LogP contribution in [0.5, 0.6) is 5.75 Å². The number of methoxy groups -OCH3 is 1. The molecule has 4 heteroatoms. The number of nitrogens with two attached hydrogens (primary N) is 1. The van der Waals surface area contributed by atoms with E-state index in [2.05, 4.69) is 36.0 Å². The largest absolute Gasteiger partial charge is 0.496 e. The standard InChI is InChI=1S/C17H29N3O/c1-19(2)13-14-8-10-20(11-9-14)16(12-18)15-6-4-5-7-17(15)21-3/h4-7,14,16H,8-13,18H2,1-3H3. The molecule has 1 unspecified atom stereocenters. The SMILES string of the molecule is COc1ccccc1C(CN)N1CCC(CN(C)C)CC1. The van der Waals surface area contributed by atoms with Crippen LogP contribution in [0.3, 0.4) is 0 Å². The number of para-hydroxylation sites is 1. The van der Waals surface area contributed by atoms with Crippen molar-refractivity contribution in [3.63, 3.8) is 0 Å². The predicted molar refractivity (Wildman–Crippen MR) is 87.6 cm³/mol. The molecular formula is C17H29N3O. The third-order valence-corrected chi connectivity index (χ3v) is 4.43. The van der Waals surface area contributed by atoms with Crippen LogP contribution in [0.25, 0.3) is 0 Å². The van der Waals surface area contributed by atoms with Gasteiger partial charge in [0.05, 0.1) is 13.2 Å². The zero-order chi connectivity index (χ0) is 15.2. The first-order valence-electron chi connectivity index (χ1n) is 7.87. The van der Waals surface area contributed by atoms with Gasteiger partial charge in [-0.05, 0) is 52.0 Å². The van der Waals surface area contributed by atoms with E-state index < -0.39 is 0 Å². The molecule has 1 fully saturated rings. The highest BCUT2D eigenvalue weighted by atomic mass is 16.5. The molecule has 21 heavy (non-hydrogen) atoms. The van der Waals surface area contributed by atoms with Gasteiger partial charge in [0.2, 0.25) is 0 Å². The van der Waals surface area contributed by atoms with Crippen molar-refractivity contribution in [3.8, 4) is 5.75 Å². The molecule has 2 rings (SSSR count). The van der Waals surface area contributed by atoms with E-state index in [1.807, 2.05) is 12.1 Å². The van der Waals surface area contributed by atoms with Crippen LogP contribution in [-0.2, 0) is 0 Å². The van der Waals surface area contributed by atoms with E-state index in [9.17, 15) is 0 Å². The molecule has 0 bridgehead atoms. The summed E-state index contributed by atoms with van der Waals surface area (Å²) in [6.07, 6.45) is 2.51. The number of nitrogens with zero attached hydrogens (tertiary/aromatic N) is 2. The Morgan fingerprint density at radius 3 is 2.52 bits per heavy atom.